The fraction of sp³-hybridized carbons (Fsp3) is 0.818. The van der Waals surface area contributed by atoms with Crippen molar-refractivity contribution < 1.29 is 13.9 Å². The number of hydrogen-bond acceptors (Lipinski definition) is 5. The van der Waals surface area contributed by atoms with E-state index in [2.05, 4.69) is 11.2 Å². The molecule has 0 aliphatic heterocycles. The molecule has 0 aromatic rings. The highest BCUT2D eigenvalue weighted by Gasteiger charge is 2.32. The second-order valence-corrected chi connectivity index (χ2v) is 7.72. The number of methoxy groups -OCH3 is 1. The van der Waals surface area contributed by atoms with Crippen LogP contribution in [-0.2, 0) is 13.9 Å². The predicted molar refractivity (Wildman–Crippen MR) is 68.4 cm³/mol. The molecule has 0 N–H and O–H groups in total. The molecule has 0 saturated carbocycles. The molecule has 0 fully saturated rings. The molecule has 0 saturated heterocycles. The zero-order chi connectivity index (χ0) is 13.7. The summed E-state index contributed by atoms with van der Waals surface area (Å²) >= 11 is 0. The van der Waals surface area contributed by atoms with E-state index in [0.717, 1.165) is 0 Å². The highest BCUT2D eigenvalue weighted by atomic mass is 31.2. The molecular weight excluding hydrogens is 239 g/mol. The van der Waals surface area contributed by atoms with Crippen molar-refractivity contribution in [2.75, 3.05) is 27.0 Å². The zero-order valence-electron chi connectivity index (χ0n) is 11.4. The predicted octanol–water partition coefficient (Wildman–Crippen LogP) is 2.73. The lowest BCUT2D eigenvalue weighted by molar-refractivity contribution is 0.0928. The van der Waals surface area contributed by atoms with Crippen LogP contribution in [0.5, 0.6) is 0 Å². The number of rotatable bonds is 6. The molecule has 1 atom stereocenters. The Morgan fingerprint density at radius 2 is 2.06 bits per heavy atom. The highest BCUT2D eigenvalue weighted by Crippen LogP contribution is 2.38. The first-order valence-electron chi connectivity index (χ1n) is 5.31. The van der Waals surface area contributed by atoms with E-state index in [1.54, 1.807) is 14.0 Å². The van der Waals surface area contributed by atoms with Gasteiger partial charge in [-0.15, -0.1) is 0 Å². The summed E-state index contributed by atoms with van der Waals surface area (Å²) in [6, 6.07) is 2.18. The zero-order valence-corrected chi connectivity index (χ0v) is 12.2. The maximum Gasteiger partial charge on any atom is 0.268 e. The van der Waals surface area contributed by atoms with Crippen molar-refractivity contribution in [3.63, 3.8) is 0 Å². The first-order chi connectivity index (χ1) is 7.64. The highest BCUT2D eigenvalue weighted by molar-refractivity contribution is 7.57. The minimum atomic E-state index is -2.67. The van der Waals surface area contributed by atoms with Crippen LogP contribution in [0, 0.1) is 22.7 Å². The van der Waals surface area contributed by atoms with E-state index in [4.69, 9.17) is 9.36 Å². The summed E-state index contributed by atoms with van der Waals surface area (Å²) in [7, 11) is -1.08. The van der Waals surface area contributed by atoms with Gasteiger partial charge in [0.2, 0.25) is 0 Å². The first kappa shape index (κ1) is 16.1. The molecule has 17 heavy (non-hydrogen) atoms. The number of ether oxygens (including phenoxy) is 1. The third kappa shape index (κ3) is 5.86. The lowest BCUT2D eigenvalue weighted by atomic mass is 9.78. The Hall–Kier alpha value is -0.850. The van der Waals surface area contributed by atoms with E-state index in [9.17, 15) is 9.83 Å². The average Bonchev–Trinajstić information content (AvgIpc) is 2.14. The monoisotopic (exact) mass is 260 g/mol. The maximum absolute atomic E-state index is 11.4. The van der Waals surface area contributed by atoms with Crippen LogP contribution >= 0.6 is 7.37 Å². The molecule has 0 aliphatic carbocycles. The first-order valence-corrected chi connectivity index (χ1v) is 7.83. The summed E-state index contributed by atoms with van der Waals surface area (Å²) in [6.07, 6.45) is 0. The van der Waals surface area contributed by atoms with Gasteiger partial charge in [-0.2, -0.15) is 5.26 Å². The molecule has 0 rings (SSSR count). The Bertz CT molecular complexity index is 365. The standard InChI is InChI=1S/C11H21N2O3P/c1-9(13-16-17(5,6)14)10(7-12)11(2,3)8-15-4/h10H,8H2,1-6H3/b13-9+. The smallest absolute Gasteiger partial charge is 0.268 e. The van der Waals surface area contributed by atoms with Gasteiger partial charge in [0.25, 0.3) is 7.37 Å². The van der Waals surface area contributed by atoms with Gasteiger partial charge in [0.15, 0.2) is 0 Å². The third-order valence-electron chi connectivity index (χ3n) is 2.23. The van der Waals surface area contributed by atoms with Gasteiger partial charge in [0, 0.05) is 25.9 Å². The third-order valence-corrected chi connectivity index (χ3v) is 2.70. The van der Waals surface area contributed by atoms with Crippen molar-refractivity contribution in [2.24, 2.45) is 16.5 Å². The molecule has 0 aromatic carbocycles. The summed E-state index contributed by atoms with van der Waals surface area (Å²) in [6.45, 7) is 8.92. The van der Waals surface area contributed by atoms with Gasteiger partial charge in [-0.1, -0.05) is 19.0 Å². The van der Waals surface area contributed by atoms with Crippen molar-refractivity contribution in [1.29, 1.82) is 5.26 Å². The summed E-state index contributed by atoms with van der Waals surface area (Å²) in [5.74, 6) is -0.436. The van der Waals surface area contributed by atoms with Gasteiger partial charge in [0.1, 0.15) is 0 Å². The fourth-order valence-corrected chi connectivity index (χ4v) is 1.83. The maximum atomic E-state index is 11.4. The van der Waals surface area contributed by atoms with Crippen LogP contribution in [0.1, 0.15) is 20.8 Å². The number of hydrogen-bond donors (Lipinski definition) is 0. The molecule has 0 aliphatic rings. The van der Waals surface area contributed by atoms with Crippen LogP contribution in [-0.4, -0.2) is 32.8 Å². The molecule has 98 valence electrons. The summed E-state index contributed by atoms with van der Waals surface area (Å²) in [5.41, 5.74) is 0.143. The normalized spacial score (nSPS) is 15.2. The van der Waals surface area contributed by atoms with Crippen molar-refractivity contribution >= 4 is 13.1 Å². The molecule has 0 bridgehead atoms. The molecule has 6 heteroatoms. The van der Waals surface area contributed by atoms with Crippen LogP contribution in [0.25, 0.3) is 0 Å². The molecule has 5 nitrogen and oxygen atoms in total. The Balaban J connectivity index is 4.91. The quantitative estimate of drug-likeness (QED) is 0.418. The molecule has 0 spiro atoms. The lowest BCUT2D eigenvalue weighted by Gasteiger charge is -2.28. The fourth-order valence-electron chi connectivity index (χ4n) is 1.50. The van der Waals surface area contributed by atoms with Crippen LogP contribution in [0.3, 0.4) is 0 Å². The van der Waals surface area contributed by atoms with Gasteiger partial charge < -0.3 is 9.36 Å². The van der Waals surface area contributed by atoms with E-state index in [1.165, 1.54) is 13.3 Å². The van der Waals surface area contributed by atoms with Crippen LogP contribution < -0.4 is 0 Å². The van der Waals surface area contributed by atoms with E-state index < -0.39 is 13.3 Å². The largest absolute Gasteiger partial charge is 0.384 e. The molecular formula is C11H21N2O3P. The Morgan fingerprint density at radius 3 is 2.41 bits per heavy atom. The molecule has 0 aromatic heterocycles. The Labute approximate surface area is 103 Å². The Morgan fingerprint density at radius 1 is 1.53 bits per heavy atom. The van der Waals surface area contributed by atoms with Gasteiger partial charge >= 0.3 is 0 Å². The van der Waals surface area contributed by atoms with E-state index in [0.29, 0.717) is 12.3 Å². The van der Waals surface area contributed by atoms with Gasteiger partial charge in [0.05, 0.1) is 24.3 Å². The number of nitrogens with zero attached hydrogens (tertiary/aromatic N) is 2. The van der Waals surface area contributed by atoms with E-state index in [-0.39, 0.29) is 5.41 Å². The summed E-state index contributed by atoms with van der Waals surface area (Å²) in [5, 5.41) is 13.0. The molecule has 0 heterocycles. The average molecular weight is 260 g/mol. The van der Waals surface area contributed by atoms with Crippen LogP contribution in [0.2, 0.25) is 0 Å². The van der Waals surface area contributed by atoms with Crippen molar-refractivity contribution in [3.05, 3.63) is 0 Å². The minimum absolute atomic E-state index is 0.369. The van der Waals surface area contributed by atoms with E-state index in [1.807, 2.05) is 13.8 Å². The molecule has 0 radical (unpaired) electrons. The second kappa shape index (κ2) is 6.18. The van der Waals surface area contributed by atoms with Crippen molar-refractivity contribution in [1.82, 2.24) is 0 Å². The summed E-state index contributed by atoms with van der Waals surface area (Å²) in [4.78, 5) is 0. The van der Waals surface area contributed by atoms with Crippen molar-refractivity contribution in [3.8, 4) is 6.07 Å². The van der Waals surface area contributed by atoms with Gasteiger partial charge in [-0.05, 0) is 6.92 Å². The number of nitriles is 1. The lowest BCUT2D eigenvalue weighted by Crippen LogP contribution is -2.32. The Kier molecular flexibility index (Phi) is 5.87. The van der Waals surface area contributed by atoms with Gasteiger partial charge in [-0.25, -0.2) is 0 Å². The molecule has 0 amide bonds. The van der Waals surface area contributed by atoms with Crippen LogP contribution in [0.15, 0.2) is 5.16 Å². The van der Waals surface area contributed by atoms with Crippen LogP contribution in [0.4, 0.5) is 0 Å². The SMILES string of the molecule is COCC(C)(C)C(C#N)/C(C)=N/OP(C)(C)=O. The van der Waals surface area contributed by atoms with Gasteiger partial charge in [-0.3, -0.25) is 4.57 Å². The second-order valence-electron chi connectivity index (χ2n) is 5.05. The van der Waals surface area contributed by atoms with Crippen molar-refractivity contribution in [2.45, 2.75) is 20.8 Å². The summed E-state index contributed by atoms with van der Waals surface area (Å²) < 4.78 is 21.4. The minimum Gasteiger partial charge on any atom is -0.384 e. The van der Waals surface area contributed by atoms with E-state index >= 15 is 0 Å². The number of oxime groups is 1. The topological polar surface area (TPSA) is 71.7 Å². The molecule has 1 unspecified atom stereocenters.